The minimum absolute atomic E-state index is 0.0734. The number of hydrogen-bond donors (Lipinski definition) is 3. The van der Waals surface area contributed by atoms with Crippen LogP contribution in [0.1, 0.15) is 27.7 Å². The van der Waals surface area contributed by atoms with E-state index in [1.165, 1.54) is 0 Å². The molecule has 4 heteroatoms. The molecule has 0 bridgehead atoms. The van der Waals surface area contributed by atoms with Crippen LogP contribution in [-0.2, 0) is 0 Å². The van der Waals surface area contributed by atoms with Gasteiger partial charge in [0, 0.05) is 12.1 Å². The molecule has 0 aromatic carbocycles. The molecule has 0 saturated heterocycles. The Labute approximate surface area is 79.8 Å². The van der Waals surface area contributed by atoms with Crippen LogP contribution in [0.2, 0.25) is 0 Å². The first-order valence-corrected chi connectivity index (χ1v) is 4.61. The number of nitrogens with zero attached hydrogens (tertiary/aromatic N) is 1. The maximum atomic E-state index is 9.86. The van der Waals surface area contributed by atoms with Crippen LogP contribution in [0.4, 0.5) is 0 Å². The number of rotatable bonds is 5. The van der Waals surface area contributed by atoms with E-state index in [0.717, 1.165) is 0 Å². The molecule has 0 amide bonds. The van der Waals surface area contributed by atoms with Crippen LogP contribution in [0.3, 0.4) is 0 Å². The van der Waals surface area contributed by atoms with Gasteiger partial charge in [-0.1, -0.05) is 0 Å². The summed E-state index contributed by atoms with van der Waals surface area (Å²) >= 11 is 0. The lowest BCUT2D eigenvalue weighted by molar-refractivity contribution is -0.186. The third kappa shape index (κ3) is 2.91. The van der Waals surface area contributed by atoms with Crippen LogP contribution in [-0.4, -0.2) is 51.2 Å². The summed E-state index contributed by atoms with van der Waals surface area (Å²) in [5.41, 5.74) is -1.51. The summed E-state index contributed by atoms with van der Waals surface area (Å²) in [6, 6.07) is 0.147. The lowest BCUT2D eigenvalue weighted by atomic mass is 10.1. The molecule has 0 aliphatic carbocycles. The van der Waals surface area contributed by atoms with E-state index in [-0.39, 0.29) is 12.1 Å². The summed E-state index contributed by atoms with van der Waals surface area (Å²) in [5.74, 6) is 0. The van der Waals surface area contributed by atoms with Gasteiger partial charge in [0.05, 0.1) is 13.2 Å². The molecule has 0 aromatic heterocycles. The lowest BCUT2D eigenvalue weighted by Crippen LogP contribution is -2.59. The molecule has 0 rings (SSSR count). The van der Waals surface area contributed by atoms with Gasteiger partial charge in [-0.15, -0.1) is 0 Å². The van der Waals surface area contributed by atoms with Gasteiger partial charge in [-0.3, -0.25) is 4.90 Å². The van der Waals surface area contributed by atoms with Crippen molar-refractivity contribution >= 4 is 0 Å². The van der Waals surface area contributed by atoms with E-state index in [1.807, 2.05) is 27.7 Å². The second-order valence-electron chi connectivity index (χ2n) is 3.89. The van der Waals surface area contributed by atoms with Crippen LogP contribution in [0.15, 0.2) is 0 Å². The van der Waals surface area contributed by atoms with Crippen LogP contribution >= 0.6 is 0 Å². The Kier molecular flexibility index (Phi) is 4.85. The molecule has 80 valence electrons. The third-order valence-electron chi connectivity index (χ3n) is 2.10. The maximum Gasteiger partial charge on any atom is 0.165 e. The highest BCUT2D eigenvalue weighted by molar-refractivity contribution is 4.83. The topological polar surface area (TPSA) is 63.9 Å². The SMILES string of the molecule is CC(C)N(C(C)C)C(O)(CO)CO. The average Bonchev–Trinajstić information content (AvgIpc) is 2.02. The van der Waals surface area contributed by atoms with Crippen molar-refractivity contribution in [2.45, 2.75) is 45.5 Å². The summed E-state index contributed by atoms with van der Waals surface area (Å²) in [6.45, 7) is 6.74. The van der Waals surface area contributed by atoms with Gasteiger partial charge in [-0.2, -0.15) is 0 Å². The first-order valence-electron chi connectivity index (χ1n) is 4.61. The first-order chi connectivity index (χ1) is 5.89. The van der Waals surface area contributed by atoms with Crippen molar-refractivity contribution in [3.63, 3.8) is 0 Å². The summed E-state index contributed by atoms with van der Waals surface area (Å²) < 4.78 is 0. The standard InChI is InChI=1S/C9H21NO3/c1-7(2)10(8(3)4)9(13,5-11)6-12/h7-8,11-13H,5-6H2,1-4H3. The van der Waals surface area contributed by atoms with E-state index >= 15 is 0 Å². The highest BCUT2D eigenvalue weighted by Gasteiger charge is 2.36. The monoisotopic (exact) mass is 191 g/mol. The lowest BCUT2D eigenvalue weighted by Gasteiger charge is -2.42. The molecule has 0 aromatic rings. The number of aliphatic hydroxyl groups excluding tert-OH is 2. The fraction of sp³-hybridized carbons (Fsp3) is 1.00. The van der Waals surface area contributed by atoms with E-state index in [0.29, 0.717) is 0 Å². The zero-order valence-corrected chi connectivity index (χ0v) is 8.86. The molecular weight excluding hydrogens is 170 g/mol. The van der Waals surface area contributed by atoms with Gasteiger partial charge in [0.15, 0.2) is 5.72 Å². The summed E-state index contributed by atoms with van der Waals surface area (Å²) in [6.07, 6.45) is 0. The van der Waals surface area contributed by atoms with Crippen molar-refractivity contribution in [1.29, 1.82) is 0 Å². The molecule has 0 saturated carbocycles. The van der Waals surface area contributed by atoms with Gasteiger partial charge in [-0.25, -0.2) is 0 Å². The smallest absolute Gasteiger partial charge is 0.165 e. The van der Waals surface area contributed by atoms with Crippen LogP contribution in [0.25, 0.3) is 0 Å². The second-order valence-corrected chi connectivity index (χ2v) is 3.89. The maximum absolute atomic E-state index is 9.86. The third-order valence-corrected chi connectivity index (χ3v) is 2.10. The van der Waals surface area contributed by atoms with Crippen molar-refractivity contribution in [3.05, 3.63) is 0 Å². The Balaban J connectivity index is 4.69. The Morgan fingerprint density at radius 1 is 1.00 bits per heavy atom. The zero-order valence-electron chi connectivity index (χ0n) is 8.86. The fourth-order valence-corrected chi connectivity index (χ4v) is 1.77. The van der Waals surface area contributed by atoms with Gasteiger partial charge in [0.1, 0.15) is 0 Å². The molecular formula is C9H21NO3. The molecule has 0 radical (unpaired) electrons. The summed E-state index contributed by atoms with van der Waals surface area (Å²) in [4.78, 5) is 1.69. The minimum Gasteiger partial charge on any atom is -0.392 e. The molecule has 0 spiro atoms. The molecule has 0 atom stereocenters. The molecule has 0 fully saturated rings. The van der Waals surface area contributed by atoms with E-state index in [2.05, 4.69) is 0 Å². The molecule has 0 heterocycles. The normalized spacial score (nSPS) is 13.4. The Morgan fingerprint density at radius 2 is 1.31 bits per heavy atom. The second kappa shape index (κ2) is 4.91. The van der Waals surface area contributed by atoms with E-state index in [1.54, 1.807) is 4.90 Å². The Bertz CT molecular complexity index is 136. The van der Waals surface area contributed by atoms with Crippen molar-refractivity contribution < 1.29 is 15.3 Å². The van der Waals surface area contributed by atoms with Crippen molar-refractivity contribution in [2.24, 2.45) is 0 Å². The molecule has 3 N–H and O–H groups in total. The highest BCUT2D eigenvalue weighted by atomic mass is 16.4. The fourth-order valence-electron chi connectivity index (χ4n) is 1.77. The largest absolute Gasteiger partial charge is 0.392 e. The van der Waals surface area contributed by atoms with E-state index in [4.69, 9.17) is 10.2 Å². The van der Waals surface area contributed by atoms with Crippen LogP contribution < -0.4 is 0 Å². The van der Waals surface area contributed by atoms with Crippen LogP contribution in [0.5, 0.6) is 0 Å². The highest BCUT2D eigenvalue weighted by Crippen LogP contribution is 2.18. The summed E-state index contributed by atoms with van der Waals surface area (Å²) in [7, 11) is 0. The van der Waals surface area contributed by atoms with Gasteiger partial charge in [0.2, 0.25) is 0 Å². The predicted octanol–water partition coefficient (Wildman–Crippen LogP) is -0.222. The van der Waals surface area contributed by atoms with Gasteiger partial charge in [0.25, 0.3) is 0 Å². The Hall–Kier alpha value is -0.160. The van der Waals surface area contributed by atoms with Gasteiger partial charge in [-0.05, 0) is 27.7 Å². The average molecular weight is 191 g/mol. The van der Waals surface area contributed by atoms with E-state index in [9.17, 15) is 5.11 Å². The molecule has 4 nitrogen and oxygen atoms in total. The molecule has 0 aliphatic rings. The van der Waals surface area contributed by atoms with E-state index < -0.39 is 18.9 Å². The zero-order chi connectivity index (χ0) is 10.6. The molecule has 13 heavy (non-hydrogen) atoms. The van der Waals surface area contributed by atoms with Gasteiger partial charge < -0.3 is 15.3 Å². The Morgan fingerprint density at radius 3 is 1.38 bits per heavy atom. The summed E-state index contributed by atoms with van der Waals surface area (Å²) in [5, 5.41) is 27.9. The molecule has 0 aliphatic heterocycles. The van der Waals surface area contributed by atoms with Crippen LogP contribution in [0, 0.1) is 0 Å². The first kappa shape index (κ1) is 12.8. The minimum atomic E-state index is -1.51. The number of aliphatic hydroxyl groups is 3. The van der Waals surface area contributed by atoms with Crippen molar-refractivity contribution in [3.8, 4) is 0 Å². The van der Waals surface area contributed by atoms with Crippen molar-refractivity contribution in [2.75, 3.05) is 13.2 Å². The van der Waals surface area contributed by atoms with Crippen molar-refractivity contribution in [1.82, 2.24) is 4.90 Å². The van der Waals surface area contributed by atoms with Gasteiger partial charge >= 0.3 is 0 Å². The quantitative estimate of drug-likeness (QED) is 0.526. The predicted molar refractivity (Wildman–Crippen MR) is 51.2 cm³/mol. The number of hydrogen-bond acceptors (Lipinski definition) is 4. The molecule has 0 unspecified atom stereocenters.